The van der Waals surface area contributed by atoms with Crippen LogP contribution in [0.2, 0.25) is 5.02 Å². The number of thioether (sulfide) groups is 1. The van der Waals surface area contributed by atoms with Gasteiger partial charge < -0.3 is 9.15 Å². The average molecular weight is 417 g/mol. The molecule has 0 atom stereocenters. The Hall–Kier alpha value is -2.31. The SMILES string of the molecule is CCc1ccc(CC)c(C(=O)CSc2nnc(COc3ccc(Cl)cc3)o2)c1. The smallest absolute Gasteiger partial charge is 0.277 e. The summed E-state index contributed by atoms with van der Waals surface area (Å²) < 4.78 is 11.1. The molecule has 0 spiro atoms. The number of halogens is 1. The second kappa shape index (κ2) is 9.75. The van der Waals surface area contributed by atoms with Gasteiger partial charge >= 0.3 is 0 Å². The van der Waals surface area contributed by atoms with Crippen molar-refractivity contribution in [3.05, 3.63) is 70.1 Å². The molecule has 5 nitrogen and oxygen atoms in total. The Bertz CT molecular complexity index is 941. The summed E-state index contributed by atoms with van der Waals surface area (Å²) >= 11 is 7.08. The quantitative estimate of drug-likeness (QED) is 0.343. The van der Waals surface area contributed by atoms with Crippen LogP contribution >= 0.6 is 23.4 Å². The van der Waals surface area contributed by atoms with Crippen molar-refractivity contribution in [2.75, 3.05) is 5.75 Å². The van der Waals surface area contributed by atoms with E-state index >= 15 is 0 Å². The van der Waals surface area contributed by atoms with E-state index in [4.69, 9.17) is 20.8 Å². The van der Waals surface area contributed by atoms with E-state index < -0.39 is 0 Å². The first-order valence-electron chi connectivity index (χ1n) is 9.07. The molecule has 0 fully saturated rings. The fourth-order valence-corrected chi connectivity index (χ4v) is 3.44. The lowest BCUT2D eigenvalue weighted by Gasteiger charge is -2.08. The summed E-state index contributed by atoms with van der Waals surface area (Å²) in [5.41, 5.74) is 3.00. The second-order valence-corrected chi connectivity index (χ2v) is 7.48. The van der Waals surface area contributed by atoms with Crippen LogP contribution in [-0.2, 0) is 19.4 Å². The standard InChI is InChI=1S/C21H21ClN2O3S/c1-3-14-5-6-15(4-2)18(11-14)19(25)13-28-21-24-23-20(27-21)12-26-17-9-7-16(22)8-10-17/h5-11H,3-4,12-13H2,1-2H3. The first-order valence-corrected chi connectivity index (χ1v) is 10.4. The average Bonchev–Trinajstić information content (AvgIpc) is 3.19. The van der Waals surface area contributed by atoms with Gasteiger partial charge in [0.15, 0.2) is 12.4 Å². The van der Waals surface area contributed by atoms with Crippen LogP contribution in [0.25, 0.3) is 0 Å². The zero-order valence-corrected chi connectivity index (χ0v) is 17.3. The molecule has 146 valence electrons. The van der Waals surface area contributed by atoms with E-state index in [1.807, 2.05) is 12.1 Å². The number of aromatic nitrogens is 2. The zero-order valence-electron chi connectivity index (χ0n) is 15.8. The number of carbonyl (C=O) groups is 1. The molecule has 28 heavy (non-hydrogen) atoms. The van der Waals surface area contributed by atoms with Crippen molar-refractivity contribution < 1.29 is 13.9 Å². The summed E-state index contributed by atoms with van der Waals surface area (Å²) in [5.74, 6) is 1.33. The lowest BCUT2D eigenvalue weighted by atomic mass is 9.98. The zero-order chi connectivity index (χ0) is 19.9. The van der Waals surface area contributed by atoms with Crippen LogP contribution in [0.5, 0.6) is 5.75 Å². The van der Waals surface area contributed by atoms with E-state index in [9.17, 15) is 4.79 Å². The summed E-state index contributed by atoms with van der Waals surface area (Å²) in [7, 11) is 0. The van der Waals surface area contributed by atoms with E-state index in [0.29, 0.717) is 21.9 Å². The molecule has 0 aliphatic rings. The summed E-state index contributed by atoms with van der Waals surface area (Å²) in [6.45, 7) is 4.29. The number of aryl methyl sites for hydroxylation is 2. The van der Waals surface area contributed by atoms with E-state index in [2.05, 4.69) is 30.1 Å². The molecule has 0 amide bonds. The van der Waals surface area contributed by atoms with Crippen LogP contribution in [0.15, 0.2) is 52.1 Å². The number of Topliss-reactive ketones (excluding diaryl/α,β-unsaturated/α-hetero) is 1. The second-order valence-electron chi connectivity index (χ2n) is 6.11. The van der Waals surface area contributed by atoms with Crippen LogP contribution in [-0.4, -0.2) is 21.7 Å². The van der Waals surface area contributed by atoms with Gasteiger partial charge in [-0.2, -0.15) is 0 Å². The maximum absolute atomic E-state index is 12.7. The van der Waals surface area contributed by atoms with E-state index in [1.54, 1.807) is 24.3 Å². The van der Waals surface area contributed by atoms with Gasteiger partial charge in [-0.15, -0.1) is 10.2 Å². The van der Waals surface area contributed by atoms with Crippen molar-refractivity contribution in [1.82, 2.24) is 10.2 Å². The summed E-state index contributed by atoms with van der Waals surface area (Å²) in [5, 5.41) is 8.94. The topological polar surface area (TPSA) is 65.2 Å². The minimum Gasteiger partial charge on any atom is -0.484 e. The third-order valence-corrected chi connectivity index (χ3v) is 5.29. The normalized spacial score (nSPS) is 10.8. The van der Waals surface area contributed by atoms with Crippen molar-refractivity contribution >= 4 is 29.1 Å². The van der Waals surface area contributed by atoms with Gasteiger partial charge in [-0.05, 0) is 54.3 Å². The minimum absolute atomic E-state index is 0.0642. The van der Waals surface area contributed by atoms with Crippen molar-refractivity contribution in [3.63, 3.8) is 0 Å². The maximum Gasteiger partial charge on any atom is 0.277 e. The van der Waals surface area contributed by atoms with Gasteiger partial charge in [-0.1, -0.05) is 49.3 Å². The number of ketones is 1. The van der Waals surface area contributed by atoms with Gasteiger partial charge in [0.05, 0.1) is 5.75 Å². The molecule has 1 heterocycles. The summed E-state index contributed by atoms with van der Waals surface area (Å²) in [6.07, 6.45) is 1.72. The molecular formula is C21H21ClN2O3S. The fraction of sp³-hybridized carbons (Fsp3) is 0.286. The Labute approximate surface area is 173 Å². The fourth-order valence-electron chi connectivity index (χ4n) is 2.65. The third-order valence-electron chi connectivity index (χ3n) is 4.21. The predicted octanol–water partition coefficient (Wildman–Crippen LogP) is 5.40. The molecule has 0 N–H and O–H groups in total. The number of rotatable bonds is 9. The molecule has 0 bridgehead atoms. The predicted molar refractivity (Wildman–Crippen MR) is 110 cm³/mol. The highest BCUT2D eigenvalue weighted by Crippen LogP contribution is 2.22. The van der Waals surface area contributed by atoms with Crippen molar-refractivity contribution in [2.45, 2.75) is 38.5 Å². The first kappa shape index (κ1) is 20.4. The summed E-state index contributed by atoms with van der Waals surface area (Å²) in [6, 6.07) is 13.1. The largest absolute Gasteiger partial charge is 0.484 e. The molecule has 0 aliphatic heterocycles. The molecule has 2 aromatic carbocycles. The maximum atomic E-state index is 12.7. The number of nitrogens with zero attached hydrogens (tertiary/aromatic N) is 2. The van der Waals surface area contributed by atoms with Crippen LogP contribution in [0.1, 0.15) is 41.2 Å². The van der Waals surface area contributed by atoms with E-state index in [0.717, 1.165) is 29.5 Å². The number of ether oxygens (including phenoxy) is 1. The molecule has 0 unspecified atom stereocenters. The highest BCUT2D eigenvalue weighted by Gasteiger charge is 2.15. The molecule has 0 radical (unpaired) electrons. The molecule has 0 saturated heterocycles. The molecular weight excluding hydrogens is 396 g/mol. The summed E-state index contributed by atoms with van der Waals surface area (Å²) in [4.78, 5) is 12.7. The Kier molecular flexibility index (Phi) is 7.12. The van der Waals surface area contributed by atoms with Crippen LogP contribution in [0, 0.1) is 0 Å². The van der Waals surface area contributed by atoms with Crippen LogP contribution < -0.4 is 4.74 Å². The monoisotopic (exact) mass is 416 g/mol. The number of hydrogen-bond donors (Lipinski definition) is 0. The van der Waals surface area contributed by atoms with Crippen molar-refractivity contribution in [2.24, 2.45) is 0 Å². The lowest BCUT2D eigenvalue weighted by Crippen LogP contribution is -2.07. The highest BCUT2D eigenvalue weighted by molar-refractivity contribution is 7.99. The van der Waals surface area contributed by atoms with E-state index in [-0.39, 0.29) is 18.1 Å². The Balaban J connectivity index is 1.56. The van der Waals surface area contributed by atoms with Crippen molar-refractivity contribution in [3.8, 4) is 5.75 Å². The van der Waals surface area contributed by atoms with Crippen molar-refractivity contribution in [1.29, 1.82) is 0 Å². The van der Waals surface area contributed by atoms with Crippen LogP contribution in [0.4, 0.5) is 0 Å². The number of hydrogen-bond acceptors (Lipinski definition) is 6. The van der Waals surface area contributed by atoms with Gasteiger partial charge in [0, 0.05) is 10.6 Å². The first-order chi connectivity index (χ1) is 13.6. The molecule has 1 aromatic heterocycles. The highest BCUT2D eigenvalue weighted by atomic mass is 35.5. The van der Waals surface area contributed by atoms with Gasteiger partial charge in [-0.3, -0.25) is 4.79 Å². The molecule has 7 heteroatoms. The van der Waals surface area contributed by atoms with Gasteiger partial charge in [0.2, 0.25) is 0 Å². The Morgan fingerprint density at radius 3 is 2.61 bits per heavy atom. The van der Waals surface area contributed by atoms with E-state index in [1.165, 1.54) is 11.8 Å². The molecule has 0 saturated carbocycles. The Morgan fingerprint density at radius 2 is 1.89 bits per heavy atom. The molecule has 3 rings (SSSR count). The molecule has 3 aromatic rings. The lowest BCUT2D eigenvalue weighted by molar-refractivity contribution is 0.102. The number of carbonyl (C=O) groups excluding carboxylic acids is 1. The van der Waals surface area contributed by atoms with Gasteiger partial charge in [-0.25, -0.2) is 0 Å². The molecule has 0 aliphatic carbocycles. The minimum atomic E-state index is 0.0642. The van der Waals surface area contributed by atoms with Crippen LogP contribution in [0.3, 0.4) is 0 Å². The van der Waals surface area contributed by atoms with Gasteiger partial charge in [0.25, 0.3) is 11.1 Å². The Morgan fingerprint density at radius 1 is 1.11 bits per heavy atom. The number of benzene rings is 2. The van der Waals surface area contributed by atoms with Gasteiger partial charge in [0.1, 0.15) is 5.75 Å². The third kappa shape index (κ3) is 5.36.